The Hall–Kier alpha value is -3.75. The maximum absolute atomic E-state index is 13.5. The highest BCUT2D eigenvalue weighted by molar-refractivity contribution is 5.86. The number of likely N-dealkylation sites (tertiary alicyclic amines) is 1. The number of nitrogens with two attached hydrogens (primary N) is 1. The van der Waals surface area contributed by atoms with Crippen molar-refractivity contribution in [3.63, 3.8) is 0 Å². The zero-order valence-corrected chi connectivity index (χ0v) is 23.0. The van der Waals surface area contributed by atoms with Crippen LogP contribution in [0.3, 0.4) is 0 Å². The first-order chi connectivity index (χ1) is 18.4. The van der Waals surface area contributed by atoms with Gasteiger partial charge < -0.3 is 10.6 Å². The van der Waals surface area contributed by atoms with Gasteiger partial charge in [0.25, 0.3) is 11.5 Å². The van der Waals surface area contributed by atoms with Crippen molar-refractivity contribution in [3.8, 4) is 11.4 Å². The van der Waals surface area contributed by atoms with Crippen LogP contribution in [0.5, 0.6) is 0 Å². The molecule has 1 aromatic carbocycles. The summed E-state index contributed by atoms with van der Waals surface area (Å²) < 4.78 is 1.89. The van der Waals surface area contributed by atoms with Gasteiger partial charge in [-0.25, -0.2) is 10.5 Å². The van der Waals surface area contributed by atoms with Gasteiger partial charge in [-0.05, 0) is 64.0 Å². The van der Waals surface area contributed by atoms with Gasteiger partial charge in [0.2, 0.25) is 0 Å². The van der Waals surface area contributed by atoms with Crippen molar-refractivity contribution in [3.05, 3.63) is 89.5 Å². The van der Waals surface area contributed by atoms with E-state index in [0.29, 0.717) is 17.2 Å². The second-order valence-corrected chi connectivity index (χ2v) is 8.65. The molecule has 0 spiro atoms. The van der Waals surface area contributed by atoms with Gasteiger partial charge in [0.1, 0.15) is 5.82 Å². The molecule has 0 radical (unpaired) electrons. The Kier molecular flexibility index (Phi) is 15.7. The van der Waals surface area contributed by atoms with E-state index in [4.69, 9.17) is 15.9 Å². The molecule has 0 aliphatic carbocycles. The standard InChI is InChI=1S/C24H31N3O.C3H6N2O2.C3H6/c1-4-7-13-21-22(5-2)25-23(20-11-9-8-10-12-20)27(24(21)28)18-19-14-16-26(6-3)17-15-19;4-2-1-3(6)5-7;1-3-2/h5,7-13,19H,2,4,6,14-18H2,1,3H3;1-2,7H,4H2,(H,5,6);3H,1H2,2H3/b13-7-;2-1+;. The molecule has 1 amide bonds. The van der Waals surface area contributed by atoms with Crippen LogP contribution in [0.25, 0.3) is 23.5 Å². The molecule has 2 aromatic rings. The fourth-order valence-electron chi connectivity index (χ4n) is 3.98. The number of nitrogens with one attached hydrogen (secondary N) is 1. The molecule has 1 aromatic heterocycles. The summed E-state index contributed by atoms with van der Waals surface area (Å²) in [7, 11) is 0. The zero-order valence-electron chi connectivity index (χ0n) is 23.0. The normalized spacial score (nSPS) is 13.8. The van der Waals surface area contributed by atoms with Crippen LogP contribution >= 0.6 is 0 Å². The molecule has 4 N–H and O–H groups in total. The summed E-state index contributed by atoms with van der Waals surface area (Å²) in [5, 5.41) is 7.76. The van der Waals surface area contributed by atoms with Gasteiger partial charge in [-0.15, -0.1) is 6.58 Å². The Labute approximate surface area is 226 Å². The number of hydrogen-bond donors (Lipinski definition) is 3. The Balaban J connectivity index is 0.000000618. The van der Waals surface area contributed by atoms with E-state index in [-0.39, 0.29) is 5.56 Å². The summed E-state index contributed by atoms with van der Waals surface area (Å²) in [4.78, 5) is 30.7. The monoisotopic (exact) mass is 521 g/mol. The quantitative estimate of drug-likeness (QED) is 0.198. The number of hydrogen-bond acceptors (Lipinski definition) is 6. The largest absolute Gasteiger partial charge is 0.404 e. The molecule has 38 heavy (non-hydrogen) atoms. The van der Waals surface area contributed by atoms with Crippen molar-refractivity contribution < 1.29 is 10.0 Å². The molecule has 1 fully saturated rings. The summed E-state index contributed by atoms with van der Waals surface area (Å²) in [5.74, 6) is 0.622. The van der Waals surface area contributed by atoms with E-state index in [9.17, 15) is 9.59 Å². The minimum absolute atomic E-state index is 0.0337. The van der Waals surface area contributed by atoms with E-state index >= 15 is 0 Å². The highest BCUT2D eigenvalue weighted by Gasteiger charge is 2.22. The number of carbonyl (C=O) groups is 1. The molecule has 1 aliphatic heterocycles. The van der Waals surface area contributed by atoms with Gasteiger partial charge in [-0.2, -0.15) is 0 Å². The number of benzene rings is 1. The Bertz CT molecular complexity index is 1110. The number of nitrogens with zero attached hydrogens (tertiary/aromatic N) is 3. The SMILES string of the molecule is C=CC.C=Cc1nc(-c2ccccc2)n(CC2CCN(CC)CC2)c(=O)c1/C=C\CC.N/C=C/C(=O)NO. The van der Waals surface area contributed by atoms with Gasteiger partial charge in [0, 0.05) is 18.2 Å². The second kappa shape index (κ2) is 18.5. The van der Waals surface area contributed by atoms with Crippen LogP contribution in [-0.2, 0) is 11.3 Å². The fraction of sp³-hybridized carbons (Fsp3) is 0.367. The van der Waals surface area contributed by atoms with Crippen molar-refractivity contribution in [1.82, 2.24) is 19.9 Å². The van der Waals surface area contributed by atoms with E-state index < -0.39 is 5.91 Å². The zero-order chi connectivity index (χ0) is 28.3. The number of piperidine rings is 1. The van der Waals surface area contributed by atoms with Crippen LogP contribution < -0.4 is 16.8 Å². The second-order valence-electron chi connectivity index (χ2n) is 8.65. The summed E-state index contributed by atoms with van der Waals surface area (Å²) in [6.07, 6.45) is 12.5. The van der Waals surface area contributed by atoms with Gasteiger partial charge in [-0.3, -0.25) is 19.4 Å². The van der Waals surface area contributed by atoms with E-state index in [2.05, 4.69) is 31.9 Å². The predicted octanol–water partition coefficient (Wildman–Crippen LogP) is 4.86. The summed E-state index contributed by atoms with van der Waals surface area (Å²) in [6.45, 7) is 17.5. The summed E-state index contributed by atoms with van der Waals surface area (Å²) in [6, 6.07) is 10.0. The molecule has 1 saturated heterocycles. The number of allylic oxidation sites excluding steroid dienone is 2. The van der Waals surface area contributed by atoms with Crippen molar-refractivity contribution in [2.45, 2.75) is 46.6 Å². The molecule has 8 nitrogen and oxygen atoms in total. The maximum Gasteiger partial charge on any atom is 0.268 e. The van der Waals surface area contributed by atoms with Crippen LogP contribution in [0, 0.1) is 5.92 Å². The maximum atomic E-state index is 13.5. The molecular formula is C30H43N5O3. The lowest BCUT2D eigenvalue weighted by Crippen LogP contribution is -2.37. The van der Waals surface area contributed by atoms with E-state index in [1.807, 2.05) is 54.0 Å². The molecule has 8 heteroatoms. The predicted molar refractivity (Wildman–Crippen MR) is 157 cm³/mol. The molecule has 2 heterocycles. The van der Waals surface area contributed by atoms with Crippen LogP contribution in [0.2, 0.25) is 0 Å². The summed E-state index contributed by atoms with van der Waals surface area (Å²) in [5.41, 5.74) is 8.42. The first-order valence-corrected chi connectivity index (χ1v) is 13.0. The third kappa shape index (κ3) is 10.3. The third-order valence-electron chi connectivity index (χ3n) is 5.93. The van der Waals surface area contributed by atoms with Crippen LogP contribution in [0.15, 0.2) is 72.7 Å². The average molecular weight is 522 g/mol. The van der Waals surface area contributed by atoms with Gasteiger partial charge in [-0.1, -0.05) is 69.0 Å². The van der Waals surface area contributed by atoms with Crippen LogP contribution in [0.4, 0.5) is 0 Å². The minimum Gasteiger partial charge on any atom is -0.404 e. The molecule has 0 atom stereocenters. The molecule has 0 bridgehead atoms. The molecule has 3 rings (SSSR count). The fourth-order valence-corrected chi connectivity index (χ4v) is 3.98. The Morgan fingerprint density at radius 1 is 1.21 bits per heavy atom. The first kappa shape index (κ1) is 32.3. The van der Waals surface area contributed by atoms with Crippen molar-refractivity contribution in [2.75, 3.05) is 19.6 Å². The van der Waals surface area contributed by atoms with Crippen molar-refractivity contribution in [1.29, 1.82) is 0 Å². The molecular weight excluding hydrogens is 478 g/mol. The molecule has 0 saturated carbocycles. The lowest BCUT2D eigenvalue weighted by atomic mass is 9.96. The highest BCUT2D eigenvalue weighted by atomic mass is 16.5. The van der Waals surface area contributed by atoms with Gasteiger partial charge in [0.15, 0.2) is 0 Å². The van der Waals surface area contributed by atoms with Crippen LogP contribution in [-0.4, -0.2) is 45.2 Å². The number of carbonyl (C=O) groups excluding carboxylic acids is 1. The number of amides is 1. The van der Waals surface area contributed by atoms with Crippen LogP contribution in [0.1, 0.15) is 51.3 Å². The average Bonchev–Trinajstić information content (AvgIpc) is 2.95. The summed E-state index contributed by atoms with van der Waals surface area (Å²) >= 11 is 0. The molecule has 0 unspecified atom stereocenters. The lowest BCUT2D eigenvalue weighted by molar-refractivity contribution is -0.124. The smallest absolute Gasteiger partial charge is 0.268 e. The van der Waals surface area contributed by atoms with Gasteiger partial charge in [0.05, 0.1) is 11.3 Å². The van der Waals surface area contributed by atoms with Gasteiger partial charge >= 0.3 is 0 Å². The highest BCUT2D eigenvalue weighted by Crippen LogP contribution is 2.23. The lowest BCUT2D eigenvalue weighted by Gasteiger charge is -2.31. The number of aromatic nitrogens is 2. The molecule has 1 aliphatic rings. The Morgan fingerprint density at radius 3 is 2.32 bits per heavy atom. The van der Waals surface area contributed by atoms with E-state index in [0.717, 1.165) is 69.1 Å². The third-order valence-corrected chi connectivity index (χ3v) is 5.93. The van der Waals surface area contributed by atoms with Crippen molar-refractivity contribution in [2.24, 2.45) is 11.7 Å². The van der Waals surface area contributed by atoms with E-state index in [1.165, 1.54) is 5.48 Å². The molecule has 206 valence electrons. The minimum atomic E-state index is -0.623. The Morgan fingerprint density at radius 2 is 1.84 bits per heavy atom. The topological polar surface area (TPSA) is 113 Å². The number of rotatable bonds is 8. The number of hydroxylamine groups is 1. The van der Waals surface area contributed by atoms with E-state index in [1.54, 1.807) is 12.2 Å². The first-order valence-electron chi connectivity index (χ1n) is 13.0. The van der Waals surface area contributed by atoms with Crippen molar-refractivity contribution >= 4 is 18.1 Å².